The van der Waals surface area contributed by atoms with Gasteiger partial charge in [-0.1, -0.05) is 105 Å². The largest absolute Gasteiger partial charge is 0.493 e. The van der Waals surface area contributed by atoms with Crippen molar-refractivity contribution in [3.8, 4) is 11.5 Å². The highest BCUT2D eigenvalue weighted by Gasteiger charge is 2.30. The van der Waals surface area contributed by atoms with E-state index >= 15 is 0 Å². The van der Waals surface area contributed by atoms with Crippen molar-refractivity contribution < 1.29 is 33.2 Å². The Hall–Kier alpha value is -2.81. The van der Waals surface area contributed by atoms with E-state index in [2.05, 4.69) is 64.2 Å². The van der Waals surface area contributed by atoms with Gasteiger partial charge in [-0.15, -0.1) is 0 Å². The molecule has 0 saturated carbocycles. The smallest absolute Gasteiger partial charge is 0.409 e. The van der Waals surface area contributed by atoms with E-state index in [4.69, 9.17) is 28.4 Å². The lowest BCUT2D eigenvalue weighted by Gasteiger charge is -2.35. The number of hydrogen-bond acceptors (Lipinski definition) is 7. The van der Waals surface area contributed by atoms with Crippen LogP contribution in [0.3, 0.4) is 0 Å². The van der Waals surface area contributed by atoms with Crippen LogP contribution in [0.1, 0.15) is 126 Å². The lowest BCUT2D eigenvalue weighted by molar-refractivity contribution is -0.106. The van der Waals surface area contributed by atoms with E-state index in [-0.39, 0.29) is 6.10 Å². The maximum Gasteiger partial charge on any atom is 0.409 e. The number of ether oxygens (including phenoxy) is 6. The molecule has 0 aliphatic carbocycles. The average molecular weight is 732 g/mol. The van der Waals surface area contributed by atoms with E-state index < -0.39 is 11.8 Å². The number of hydrogen-bond donors (Lipinski definition) is 1. The van der Waals surface area contributed by atoms with Crippen LogP contribution in [0.2, 0.25) is 0 Å². The van der Waals surface area contributed by atoms with Gasteiger partial charge in [0.05, 0.1) is 39.6 Å². The number of carbonyl (C=O) groups is 1. The maximum absolute atomic E-state index is 12.6. The molecule has 0 radical (unpaired) electrons. The summed E-state index contributed by atoms with van der Waals surface area (Å²) in [5.41, 5.74) is 1.50. The van der Waals surface area contributed by atoms with Crippen molar-refractivity contribution in [3.63, 3.8) is 0 Å². The third-order valence-corrected chi connectivity index (χ3v) is 8.83. The van der Waals surface area contributed by atoms with E-state index in [0.717, 1.165) is 56.4 Å². The van der Waals surface area contributed by atoms with Gasteiger partial charge in [-0.3, -0.25) is 5.32 Å². The summed E-state index contributed by atoms with van der Waals surface area (Å²) in [5.74, 6) is 3.10. The fourth-order valence-electron chi connectivity index (χ4n) is 5.75. The monoisotopic (exact) mass is 732 g/mol. The zero-order valence-electron chi connectivity index (χ0n) is 35.3. The minimum absolute atomic E-state index is 0.0829. The third kappa shape index (κ3) is 21.7. The number of carbonyl (C=O) groups excluding carboxylic acids is 1. The fraction of sp³-hybridized carbons (Fsp3) is 0.705. The van der Waals surface area contributed by atoms with E-state index in [0.29, 0.717) is 56.7 Å². The van der Waals surface area contributed by atoms with Gasteiger partial charge >= 0.3 is 6.09 Å². The van der Waals surface area contributed by atoms with E-state index in [1.807, 2.05) is 65.8 Å². The molecule has 1 N–H and O–H groups in total. The molecular formula is C44H77NO7. The van der Waals surface area contributed by atoms with Crippen LogP contribution in [0.4, 0.5) is 4.79 Å². The van der Waals surface area contributed by atoms with Crippen molar-refractivity contribution in [1.82, 2.24) is 5.32 Å². The summed E-state index contributed by atoms with van der Waals surface area (Å²) >= 11 is 0. The van der Waals surface area contributed by atoms with Crippen molar-refractivity contribution >= 4 is 6.09 Å². The Bertz CT molecular complexity index is 1140. The highest BCUT2D eigenvalue weighted by molar-refractivity contribution is 5.67. The molecule has 0 saturated heterocycles. The first-order valence-corrected chi connectivity index (χ1v) is 20.0. The fourth-order valence-corrected chi connectivity index (χ4v) is 5.75. The normalized spacial score (nSPS) is 12.9. The van der Waals surface area contributed by atoms with Gasteiger partial charge in [0, 0.05) is 20.1 Å². The second-order valence-corrected chi connectivity index (χ2v) is 14.1. The van der Waals surface area contributed by atoms with Crippen LogP contribution in [0.5, 0.6) is 11.5 Å². The number of methoxy groups -OCH3 is 2. The van der Waals surface area contributed by atoms with E-state index in [1.165, 1.54) is 11.1 Å². The zero-order valence-corrected chi connectivity index (χ0v) is 35.3. The van der Waals surface area contributed by atoms with Crippen molar-refractivity contribution in [2.75, 3.05) is 40.6 Å². The SMILES string of the molecule is CC.CC.CCCCOC(=O)NC(C)(C)OC(CCC(Cc1ccc(OC)c(OCCCOC)c1)C(C)C)CC(COCc1ccccc1)C(C)C. The molecular weight excluding hydrogens is 654 g/mol. The first-order valence-electron chi connectivity index (χ1n) is 20.0. The molecule has 1 amide bonds. The summed E-state index contributed by atoms with van der Waals surface area (Å²) < 4.78 is 35.2. The Balaban J connectivity index is 0.00000627. The minimum Gasteiger partial charge on any atom is -0.493 e. The van der Waals surface area contributed by atoms with Gasteiger partial charge in [0.2, 0.25) is 0 Å². The molecule has 3 atom stereocenters. The summed E-state index contributed by atoms with van der Waals surface area (Å²) in [5, 5.41) is 2.96. The first-order chi connectivity index (χ1) is 25.0. The molecule has 0 aliphatic heterocycles. The van der Waals surface area contributed by atoms with Gasteiger partial charge in [0.15, 0.2) is 11.5 Å². The van der Waals surface area contributed by atoms with E-state index in [9.17, 15) is 4.79 Å². The molecule has 2 rings (SSSR count). The number of amides is 1. The van der Waals surface area contributed by atoms with Crippen molar-refractivity contribution in [2.45, 2.75) is 140 Å². The highest BCUT2D eigenvalue weighted by Crippen LogP contribution is 2.33. The number of nitrogens with one attached hydrogen (secondary N) is 1. The van der Waals surface area contributed by atoms with Crippen LogP contribution in [0.15, 0.2) is 48.5 Å². The molecule has 0 spiro atoms. The quantitative estimate of drug-likeness (QED) is 0.0804. The van der Waals surface area contributed by atoms with Crippen LogP contribution in [-0.2, 0) is 32.0 Å². The average Bonchev–Trinajstić information content (AvgIpc) is 3.13. The number of alkyl carbamates (subject to hydrolysis) is 1. The summed E-state index contributed by atoms with van der Waals surface area (Å²) in [6.07, 6.45) is 5.67. The molecule has 0 heterocycles. The predicted molar refractivity (Wildman–Crippen MR) is 216 cm³/mol. The van der Waals surface area contributed by atoms with Crippen molar-refractivity contribution in [1.29, 1.82) is 0 Å². The van der Waals surface area contributed by atoms with Crippen molar-refractivity contribution in [3.05, 3.63) is 59.7 Å². The highest BCUT2D eigenvalue weighted by atomic mass is 16.6. The summed E-state index contributed by atoms with van der Waals surface area (Å²) in [6, 6.07) is 16.5. The Morgan fingerprint density at radius 3 is 2.06 bits per heavy atom. The predicted octanol–water partition coefficient (Wildman–Crippen LogP) is 11.3. The summed E-state index contributed by atoms with van der Waals surface area (Å²) in [4.78, 5) is 12.6. The second-order valence-electron chi connectivity index (χ2n) is 14.1. The Morgan fingerprint density at radius 1 is 0.788 bits per heavy atom. The van der Waals surface area contributed by atoms with Gasteiger partial charge in [-0.2, -0.15) is 0 Å². The van der Waals surface area contributed by atoms with Gasteiger partial charge in [0.1, 0.15) is 5.72 Å². The Labute approximate surface area is 319 Å². The van der Waals surface area contributed by atoms with Crippen LogP contribution in [-0.4, -0.2) is 58.6 Å². The van der Waals surface area contributed by atoms with Crippen LogP contribution < -0.4 is 14.8 Å². The molecule has 3 unspecified atom stereocenters. The van der Waals surface area contributed by atoms with Crippen LogP contribution in [0.25, 0.3) is 0 Å². The first kappa shape index (κ1) is 49.2. The van der Waals surface area contributed by atoms with E-state index in [1.54, 1.807) is 14.2 Å². The number of benzene rings is 2. The van der Waals surface area contributed by atoms with Gasteiger partial charge < -0.3 is 28.4 Å². The lowest BCUT2D eigenvalue weighted by atomic mass is 9.83. The molecule has 0 aromatic heterocycles. The van der Waals surface area contributed by atoms with Crippen LogP contribution >= 0.6 is 0 Å². The molecule has 0 aliphatic rings. The Morgan fingerprint density at radius 2 is 1.46 bits per heavy atom. The van der Waals surface area contributed by atoms with Gasteiger partial charge in [-0.25, -0.2) is 4.79 Å². The van der Waals surface area contributed by atoms with Gasteiger partial charge in [0.25, 0.3) is 0 Å². The van der Waals surface area contributed by atoms with Crippen molar-refractivity contribution in [2.24, 2.45) is 23.7 Å². The molecule has 52 heavy (non-hydrogen) atoms. The summed E-state index contributed by atoms with van der Waals surface area (Å²) in [6.45, 7) is 25.8. The number of unbranched alkanes of at least 4 members (excludes halogenated alkanes) is 1. The topological polar surface area (TPSA) is 84.5 Å². The molecule has 300 valence electrons. The maximum atomic E-state index is 12.6. The standard InChI is InChI=1S/C40H65NO7.2C2H6/c1-10-11-23-47-39(42)41-40(6,7)48-36(27-35(31(4)5)29-45-28-32-16-13-12-14-17-32)20-19-34(30(2)3)25-33-18-21-37(44-9)38(26-33)46-24-15-22-43-8;2*1-2/h12-14,16-18,21,26,30-31,34-36H,10-11,15,19-20,22-25,27-29H2,1-9H3,(H,41,42);2*1-2H3. The molecule has 8 nitrogen and oxygen atoms in total. The lowest BCUT2D eigenvalue weighted by Crippen LogP contribution is -2.48. The number of rotatable bonds is 25. The van der Waals surface area contributed by atoms with Gasteiger partial charge in [-0.05, 0) is 92.9 Å². The second kappa shape index (κ2) is 29.6. The molecule has 0 fully saturated rings. The molecule has 8 heteroatoms. The summed E-state index contributed by atoms with van der Waals surface area (Å²) in [7, 11) is 3.37. The minimum atomic E-state index is -0.890. The molecule has 2 aromatic rings. The third-order valence-electron chi connectivity index (χ3n) is 8.83. The zero-order chi connectivity index (χ0) is 39.4. The molecule has 2 aromatic carbocycles. The van der Waals surface area contributed by atoms with Crippen LogP contribution in [0, 0.1) is 23.7 Å². The Kier molecular flexibility index (Phi) is 28.0. The molecule has 0 bridgehead atoms.